The molecular formula is C23H14BrN3O2. The number of amides is 1. The van der Waals surface area contributed by atoms with Crippen LogP contribution in [0.3, 0.4) is 0 Å². The molecule has 0 saturated carbocycles. The van der Waals surface area contributed by atoms with Crippen LogP contribution >= 0.6 is 15.9 Å². The third-order valence-corrected chi connectivity index (χ3v) is 5.89. The third-order valence-electron chi connectivity index (χ3n) is 5.40. The number of carbonyl (C=O) groups is 1. The molecule has 140 valence electrons. The lowest BCUT2D eigenvalue weighted by Crippen LogP contribution is -2.49. The maximum Gasteiger partial charge on any atom is 0.310 e. The van der Waals surface area contributed by atoms with Crippen molar-refractivity contribution in [1.82, 2.24) is 9.78 Å². The molecule has 0 fully saturated rings. The van der Waals surface area contributed by atoms with Crippen LogP contribution in [0.5, 0.6) is 5.75 Å². The Morgan fingerprint density at radius 1 is 0.966 bits per heavy atom. The number of para-hydroxylation sites is 1. The number of benzene rings is 3. The van der Waals surface area contributed by atoms with Crippen molar-refractivity contribution in [3.8, 4) is 28.3 Å². The second-order valence-electron chi connectivity index (χ2n) is 7.08. The smallest absolute Gasteiger partial charge is 0.310 e. The number of rotatable bonds is 1. The fraction of sp³-hybridized carbons (Fsp3) is 0.0435. The molecule has 0 bridgehead atoms. The molecule has 0 saturated heterocycles. The van der Waals surface area contributed by atoms with E-state index in [1.165, 1.54) is 0 Å². The average Bonchev–Trinajstić information content (AvgIpc) is 3.31. The molecule has 29 heavy (non-hydrogen) atoms. The Morgan fingerprint density at radius 2 is 1.76 bits per heavy atom. The van der Waals surface area contributed by atoms with Crippen LogP contribution < -0.4 is 10.1 Å². The Bertz CT molecular complexity index is 1300. The molecule has 1 aromatic heterocycles. The second kappa shape index (κ2) is 5.81. The molecule has 0 unspecified atom stereocenters. The minimum absolute atomic E-state index is 0.253. The van der Waals surface area contributed by atoms with Crippen LogP contribution in [0.15, 0.2) is 83.3 Å². The number of hydrogen-bond donors (Lipinski definition) is 1. The van der Waals surface area contributed by atoms with Crippen molar-refractivity contribution >= 4 is 27.5 Å². The lowest BCUT2D eigenvalue weighted by Gasteiger charge is -2.35. The first-order valence-corrected chi connectivity index (χ1v) is 10.0. The summed E-state index contributed by atoms with van der Waals surface area (Å²) in [4.78, 5) is 13.3. The van der Waals surface area contributed by atoms with Gasteiger partial charge in [-0.3, -0.25) is 4.79 Å². The highest BCUT2D eigenvalue weighted by molar-refractivity contribution is 9.10. The van der Waals surface area contributed by atoms with Gasteiger partial charge in [0.15, 0.2) is 0 Å². The first-order chi connectivity index (χ1) is 14.2. The van der Waals surface area contributed by atoms with Gasteiger partial charge in [0, 0.05) is 15.6 Å². The van der Waals surface area contributed by atoms with Crippen molar-refractivity contribution in [3.63, 3.8) is 0 Å². The van der Waals surface area contributed by atoms with Gasteiger partial charge >= 0.3 is 5.72 Å². The van der Waals surface area contributed by atoms with Gasteiger partial charge in [0.1, 0.15) is 5.75 Å². The Balaban J connectivity index is 1.68. The molecule has 6 heteroatoms. The maximum absolute atomic E-state index is 13.3. The molecule has 0 radical (unpaired) electrons. The second-order valence-corrected chi connectivity index (χ2v) is 7.99. The van der Waals surface area contributed by atoms with E-state index in [4.69, 9.17) is 9.84 Å². The highest BCUT2D eigenvalue weighted by Crippen LogP contribution is 2.49. The number of fused-ring (bicyclic) bond motifs is 6. The van der Waals surface area contributed by atoms with Gasteiger partial charge in [-0.05, 0) is 30.3 Å². The van der Waals surface area contributed by atoms with E-state index in [9.17, 15) is 4.79 Å². The molecule has 1 spiro atoms. The first-order valence-electron chi connectivity index (χ1n) is 9.23. The third kappa shape index (κ3) is 2.20. The number of nitrogens with zero attached hydrogens (tertiary/aromatic N) is 2. The van der Waals surface area contributed by atoms with Gasteiger partial charge in [-0.2, -0.15) is 5.10 Å². The molecule has 3 aromatic carbocycles. The van der Waals surface area contributed by atoms with E-state index in [1.807, 2.05) is 78.9 Å². The Hall–Kier alpha value is -3.38. The van der Waals surface area contributed by atoms with Crippen molar-refractivity contribution in [2.45, 2.75) is 5.72 Å². The molecule has 3 heterocycles. The zero-order valence-electron chi connectivity index (χ0n) is 15.1. The number of nitrogens with one attached hydrogen (secondary N) is 1. The fourth-order valence-electron chi connectivity index (χ4n) is 4.09. The molecule has 1 N–H and O–H groups in total. The summed E-state index contributed by atoms with van der Waals surface area (Å²) in [5, 5.41) is 7.81. The van der Waals surface area contributed by atoms with Gasteiger partial charge < -0.3 is 10.1 Å². The minimum Gasteiger partial charge on any atom is -0.452 e. The van der Waals surface area contributed by atoms with E-state index in [-0.39, 0.29) is 5.91 Å². The van der Waals surface area contributed by atoms with E-state index in [1.54, 1.807) is 4.68 Å². The molecule has 2 aliphatic rings. The van der Waals surface area contributed by atoms with E-state index in [2.05, 4.69) is 21.2 Å². The highest BCUT2D eigenvalue weighted by Gasteiger charge is 2.55. The van der Waals surface area contributed by atoms with Gasteiger partial charge in [0.05, 0.1) is 22.6 Å². The molecule has 0 aliphatic carbocycles. The molecule has 4 aromatic rings. The minimum atomic E-state index is -1.38. The summed E-state index contributed by atoms with van der Waals surface area (Å²) in [6.45, 7) is 0. The number of aromatic nitrogens is 2. The fourth-order valence-corrected chi connectivity index (χ4v) is 4.45. The quantitative estimate of drug-likeness (QED) is 0.449. The Labute approximate surface area is 175 Å². The van der Waals surface area contributed by atoms with Gasteiger partial charge in [0.2, 0.25) is 0 Å². The number of halogens is 1. The predicted molar refractivity (Wildman–Crippen MR) is 114 cm³/mol. The van der Waals surface area contributed by atoms with Crippen molar-refractivity contribution in [2.24, 2.45) is 0 Å². The Kier molecular flexibility index (Phi) is 3.32. The molecule has 2 aliphatic heterocycles. The van der Waals surface area contributed by atoms with Crippen LogP contribution in [0.25, 0.3) is 22.5 Å². The lowest BCUT2D eigenvalue weighted by atomic mass is 9.99. The first kappa shape index (κ1) is 16.6. The topological polar surface area (TPSA) is 56.1 Å². The van der Waals surface area contributed by atoms with Crippen LogP contribution in [0.1, 0.15) is 5.56 Å². The highest BCUT2D eigenvalue weighted by atomic mass is 79.9. The van der Waals surface area contributed by atoms with E-state index >= 15 is 0 Å². The summed E-state index contributed by atoms with van der Waals surface area (Å²) < 4.78 is 9.06. The maximum atomic E-state index is 13.3. The van der Waals surface area contributed by atoms with Gasteiger partial charge in [-0.25, -0.2) is 4.68 Å². The number of anilines is 1. The van der Waals surface area contributed by atoms with Crippen LogP contribution in [0.2, 0.25) is 0 Å². The van der Waals surface area contributed by atoms with Crippen molar-refractivity contribution in [1.29, 1.82) is 0 Å². The van der Waals surface area contributed by atoms with E-state index in [0.29, 0.717) is 5.75 Å². The molecule has 5 nitrogen and oxygen atoms in total. The summed E-state index contributed by atoms with van der Waals surface area (Å²) >= 11 is 3.54. The lowest BCUT2D eigenvalue weighted by molar-refractivity contribution is -0.135. The van der Waals surface area contributed by atoms with Crippen LogP contribution in [-0.2, 0) is 10.5 Å². The van der Waals surface area contributed by atoms with Crippen molar-refractivity contribution < 1.29 is 9.53 Å². The summed E-state index contributed by atoms with van der Waals surface area (Å²) in [5.41, 5.74) is 3.60. The van der Waals surface area contributed by atoms with Crippen molar-refractivity contribution in [3.05, 3.63) is 88.9 Å². The van der Waals surface area contributed by atoms with Crippen LogP contribution in [0, 0.1) is 0 Å². The van der Waals surface area contributed by atoms with Crippen LogP contribution in [-0.4, -0.2) is 15.7 Å². The van der Waals surface area contributed by atoms with E-state index in [0.717, 1.165) is 38.2 Å². The predicted octanol–water partition coefficient (Wildman–Crippen LogP) is 5.03. The zero-order valence-corrected chi connectivity index (χ0v) is 16.7. The molecule has 6 rings (SSSR count). The van der Waals surface area contributed by atoms with E-state index < -0.39 is 5.72 Å². The average molecular weight is 444 g/mol. The zero-order chi connectivity index (χ0) is 19.6. The van der Waals surface area contributed by atoms with Gasteiger partial charge in [0.25, 0.3) is 5.91 Å². The summed E-state index contributed by atoms with van der Waals surface area (Å²) in [6.07, 6.45) is 0. The van der Waals surface area contributed by atoms with Crippen molar-refractivity contribution in [2.75, 3.05) is 5.32 Å². The van der Waals surface area contributed by atoms with Crippen LogP contribution in [0.4, 0.5) is 5.69 Å². The molecule has 1 atom stereocenters. The Morgan fingerprint density at radius 3 is 2.62 bits per heavy atom. The summed E-state index contributed by atoms with van der Waals surface area (Å²) in [5.74, 6) is 0.392. The number of ether oxygens (including phenoxy) is 1. The van der Waals surface area contributed by atoms with Gasteiger partial charge in [-0.15, -0.1) is 0 Å². The molecular weight excluding hydrogens is 430 g/mol. The SMILES string of the molecule is O=C1Nc2ccccc2[C@@]12Oc1ccc(Br)cc1-c1cc(-c3ccccc3)nn12. The monoisotopic (exact) mass is 443 g/mol. The summed E-state index contributed by atoms with van der Waals surface area (Å²) in [7, 11) is 0. The number of carbonyl (C=O) groups excluding carboxylic acids is 1. The summed E-state index contributed by atoms with van der Waals surface area (Å²) in [6, 6.07) is 25.3. The molecule has 1 amide bonds. The standard InChI is InChI=1S/C23H14BrN3O2/c24-15-10-11-21-16(12-15)20-13-19(14-6-2-1-3-7-14)26-27(20)23(29-21)17-8-4-5-9-18(17)25-22(23)28/h1-13H,(H,25,28)/t23-/m1/s1. The largest absolute Gasteiger partial charge is 0.452 e. The number of hydrogen-bond acceptors (Lipinski definition) is 3. The van der Waals surface area contributed by atoms with Gasteiger partial charge in [-0.1, -0.05) is 64.5 Å². The normalized spacial score (nSPS) is 18.6.